The van der Waals surface area contributed by atoms with E-state index in [1.54, 1.807) is 24.5 Å². The zero-order valence-corrected chi connectivity index (χ0v) is 14.2. The van der Waals surface area contributed by atoms with Crippen LogP contribution in [0.4, 0.5) is 10.1 Å². The molecule has 0 aliphatic carbocycles. The van der Waals surface area contributed by atoms with Gasteiger partial charge in [0, 0.05) is 22.6 Å². The maximum absolute atomic E-state index is 12.8. The number of nitrogens with one attached hydrogen (secondary N) is 1. The maximum Gasteiger partial charge on any atom is 0.225 e. The van der Waals surface area contributed by atoms with Crippen LogP contribution in [0.1, 0.15) is 6.42 Å². The van der Waals surface area contributed by atoms with Crippen LogP contribution in [-0.2, 0) is 4.79 Å². The molecular weight excluding hydrogens is 337 g/mol. The summed E-state index contributed by atoms with van der Waals surface area (Å²) in [4.78, 5) is 21.4. The average molecular weight is 353 g/mol. The molecule has 126 valence electrons. The number of rotatable bonds is 6. The fourth-order valence-corrected chi connectivity index (χ4v) is 3.00. The topological polar surface area (TPSA) is 54.9 Å². The number of carbonyl (C=O) groups is 1. The predicted octanol–water partition coefficient (Wildman–Crippen LogP) is 4.40. The molecule has 3 aromatic rings. The number of anilines is 1. The summed E-state index contributed by atoms with van der Waals surface area (Å²) in [5.74, 6) is 0.859. The van der Waals surface area contributed by atoms with Crippen molar-refractivity contribution in [2.75, 3.05) is 11.1 Å². The van der Waals surface area contributed by atoms with Crippen LogP contribution in [0.25, 0.3) is 11.4 Å². The van der Waals surface area contributed by atoms with E-state index in [2.05, 4.69) is 15.3 Å². The van der Waals surface area contributed by atoms with Crippen LogP contribution in [0.15, 0.2) is 71.9 Å². The van der Waals surface area contributed by atoms with Crippen LogP contribution in [0.5, 0.6) is 0 Å². The van der Waals surface area contributed by atoms with Gasteiger partial charge in [0.15, 0.2) is 5.82 Å². The van der Waals surface area contributed by atoms with Crippen LogP contribution in [0.3, 0.4) is 0 Å². The lowest BCUT2D eigenvalue weighted by atomic mass is 10.2. The normalized spacial score (nSPS) is 10.4. The average Bonchev–Trinajstić information content (AvgIpc) is 2.65. The molecule has 1 amide bonds. The van der Waals surface area contributed by atoms with E-state index in [0.717, 1.165) is 10.5 Å². The number of aromatic nitrogens is 2. The number of benzene rings is 2. The summed E-state index contributed by atoms with van der Waals surface area (Å²) in [5.41, 5.74) is 1.49. The molecular formula is C19H16FN3OS. The minimum atomic E-state index is -0.263. The summed E-state index contributed by atoms with van der Waals surface area (Å²) in [6.07, 6.45) is 3.54. The highest BCUT2D eigenvalue weighted by atomic mass is 32.2. The molecule has 0 fully saturated rings. The standard InChI is InChI=1S/C19H16FN3OS/c20-15-6-8-17(9-7-15)25-11-10-18(24)23-16-12-21-19(22-13-16)14-4-2-1-3-5-14/h1-9,12-13H,10-11H2,(H,23,24). The first-order valence-electron chi connectivity index (χ1n) is 7.76. The molecule has 4 nitrogen and oxygen atoms in total. The Balaban J connectivity index is 1.48. The lowest BCUT2D eigenvalue weighted by Gasteiger charge is -2.06. The van der Waals surface area contributed by atoms with E-state index in [9.17, 15) is 9.18 Å². The number of nitrogens with zero attached hydrogens (tertiary/aromatic N) is 2. The molecule has 0 saturated carbocycles. The van der Waals surface area contributed by atoms with Gasteiger partial charge in [0.05, 0.1) is 18.1 Å². The summed E-state index contributed by atoms with van der Waals surface area (Å²) < 4.78 is 12.8. The Bertz CT molecular complexity index is 824. The third-order valence-corrected chi connectivity index (χ3v) is 4.39. The molecule has 0 bridgehead atoms. The summed E-state index contributed by atoms with van der Waals surface area (Å²) >= 11 is 1.51. The van der Waals surface area contributed by atoms with Crippen LogP contribution in [0.2, 0.25) is 0 Å². The van der Waals surface area contributed by atoms with Gasteiger partial charge in [0.1, 0.15) is 5.82 Å². The smallest absolute Gasteiger partial charge is 0.225 e. The van der Waals surface area contributed by atoms with Crippen molar-refractivity contribution >= 4 is 23.4 Å². The second kappa shape index (κ2) is 8.39. The van der Waals surface area contributed by atoms with Gasteiger partial charge in [-0.05, 0) is 24.3 Å². The minimum Gasteiger partial charge on any atom is -0.323 e. The Morgan fingerprint density at radius 3 is 2.36 bits per heavy atom. The van der Waals surface area contributed by atoms with Gasteiger partial charge in [0.25, 0.3) is 0 Å². The molecule has 0 atom stereocenters. The zero-order valence-electron chi connectivity index (χ0n) is 13.4. The number of thioether (sulfide) groups is 1. The molecule has 2 aromatic carbocycles. The van der Waals surface area contributed by atoms with E-state index in [4.69, 9.17) is 0 Å². The first-order chi connectivity index (χ1) is 12.2. The van der Waals surface area contributed by atoms with Gasteiger partial charge in [-0.15, -0.1) is 11.8 Å². The molecule has 25 heavy (non-hydrogen) atoms. The van der Waals surface area contributed by atoms with E-state index < -0.39 is 0 Å². The number of hydrogen-bond donors (Lipinski definition) is 1. The Kier molecular flexibility index (Phi) is 5.74. The molecule has 0 unspecified atom stereocenters. The van der Waals surface area contributed by atoms with Crippen molar-refractivity contribution in [2.45, 2.75) is 11.3 Å². The third kappa shape index (κ3) is 5.12. The fourth-order valence-electron chi connectivity index (χ4n) is 2.14. The number of halogens is 1. The summed E-state index contributed by atoms with van der Waals surface area (Å²) in [6, 6.07) is 15.9. The van der Waals surface area contributed by atoms with E-state index in [1.165, 1.54) is 23.9 Å². The highest BCUT2D eigenvalue weighted by molar-refractivity contribution is 7.99. The Hall–Kier alpha value is -2.73. The largest absolute Gasteiger partial charge is 0.323 e. The molecule has 0 saturated heterocycles. The van der Waals surface area contributed by atoms with Gasteiger partial charge >= 0.3 is 0 Å². The second-order valence-electron chi connectivity index (χ2n) is 5.26. The number of hydrogen-bond acceptors (Lipinski definition) is 4. The Morgan fingerprint density at radius 1 is 1.00 bits per heavy atom. The van der Waals surface area contributed by atoms with Crippen LogP contribution < -0.4 is 5.32 Å². The van der Waals surface area contributed by atoms with Crippen LogP contribution in [-0.4, -0.2) is 21.6 Å². The van der Waals surface area contributed by atoms with Gasteiger partial charge < -0.3 is 5.32 Å². The molecule has 0 aliphatic heterocycles. The minimum absolute atomic E-state index is 0.106. The highest BCUT2D eigenvalue weighted by Crippen LogP contribution is 2.19. The van der Waals surface area contributed by atoms with Gasteiger partial charge in [0.2, 0.25) is 5.91 Å². The molecule has 0 aliphatic rings. The van der Waals surface area contributed by atoms with E-state index in [1.807, 2.05) is 30.3 Å². The molecule has 1 aromatic heterocycles. The highest BCUT2D eigenvalue weighted by Gasteiger charge is 2.05. The zero-order chi connectivity index (χ0) is 17.5. The third-order valence-electron chi connectivity index (χ3n) is 3.38. The molecule has 6 heteroatoms. The second-order valence-corrected chi connectivity index (χ2v) is 6.43. The van der Waals surface area contributed by atoms with E-state index >= 15 is 0 Å². The molecule has 3 rings (SSSR count). The van der Waals surface area contributed by atoms with Crippen LogP contribution in [0, 0.1) is 5.82 Å². The number of amides is 1. The van der Waals surface area contributed by atoms with E-state index in [0.29, 0.717) is 23.7 Å². The molecule has 1 N–H and O–H groups in total. The van der Waals surface area contributed by atoms with Crippen molar-refractivity contribution < 1.29 is 9.18 Å². The van der Waals surface area contributed by atoms with Crippen molar-refractivity contribution in [3.8, 4) is 11.4 Å². The van der Waals surface area contributed by atoms with Gasteiger partial charge in [-0.1, -0.05) is 30.3 Å². The molecule has 1 heterocycles. The number of carbonyl (C=O) groups excluding carboxylic acids is 1. The monoisotopic (exact) mass is 353 g/mol. The van der Waals surface area contributed by atoms with E-state index in [-0.39, 0.29) is 11.7 Å². The maximum atomic E-state index is 12.8. The lowest BCUT2D eigenvalue weighted by molar-refractivity contribution is -0.115. The van der Waals surface area contributed by atoms with Crippen molar-refractivity contribution in [1.29, 1.82) is 0 Å². The first-order valence-corrected chi connectivity index (χ1v) is 8.75. The van der Waals surface area contributed by atoms with Crippen molar-refractivity contribution in [3.05, 3.63) is 72.8 Å². The quantitative estimate of drug-likeness (QED) is 0.667. The first kappa shape index (κ1) is 17.1. The summed E-state index contributed by atoms with van der Waals surface area (Å²) in [5, 5.41) is 2.78. The molecule has 0 radical (unpaired) electrons. The van der Waals surface area contributed by atoms with Crippen molar-refractivity contribution in [1.82, 2.24) is 9.97 Å². The van der Waals surface area contributed by atoms with Crippen molar-refractivity contribution in [2.24, 2.45) is 0 Å². The van der Waals surface area contributed by atoms with Gasteiger partial charge in [-0.3, -0.25) is 4.79 Å². The summed E-state index contributed by atoms with van der Waals surface area (Å²) in [7, 11) is 0. The van der Waals surface area contributed by atoms with Crippen molar-refractivity contribution in [3.63, 3.8) is 0 Å². The SMILES string of the molecule is O=C(CCSc1ccc(F)cc1)Nc1cnc(-c2ccccc2)nc1. The molecule has 0 spiro atoms. The lowest BCUT2D eigenvalue weighted by Crippen LogP contribution is -2.12. The predicted molar refractivity (Wildman–Crippen MR) is 97.8 cm³/mol. The fraction of sp³-hybridized carbons (Fsp3) is 0.105. The van der Waals surface area contributed by atoms with Gasteiger partial charge in [-0.25, -0.2) is 14.4 Å². The van der Waals surface area contributed by atoms with Gasteiger partial charge in [-0.2, -0.15) is 0 Å². The Morgan fingerprint density at radius 2 is 1.68 bits per heavy atom. The van der Waals surface area contributed by atoms with Crippen LogP contribution >= 0.6 is 11.8 Å². The summed E-state index contributed by atoms with van der Waals surface area (Å²) in [6.45, 7) is 0. The Labute approximate surface area is 149 Å².